The largest absolute Gasteiger partial charge is 0.337 e. The monoisotopic (exact) mass is 399 g/mol. The quantitative estimate of drug-likeness (QED) is 0.412. The number of imidazole rings is 1. The van der Waals surface area contributed by atoms with Gasteiger partial charge >= 0.3 is 0 Å². The highest BCUT2D eigenvalue weighted by Crippen LogP contribution is 2.35. The number of hydrogen-bond donors (Lipinski definition) is 1. The fourth-order valence-electron chi connectivity index (χ4n) is 2.73. The van der Waals surface area contributed by atoms with E-state index in [0.717, 1.165) is 28.1 Å². The Labute approximate surface area is 165 Å². The van der Waals surface area contributed by atoms with E-state index < -0.39 is 0 Å². The lowest BCUT2D eigenvalue weighted by Crippen LogP contribution is -1.84. The van der Waals surface area contributed by atoms with Crippen molar-refractivity contribution in [1.29, 1.82) is 0 Å². The van der Waals surface area contributed by atoms with Crippen LogP contribution in [0.4, 0.5) is 0 Å². The number of H-pyrrole nitrogens is 1. The van der Waals surface area contributed by atoms with Crippen LogP contribution in [0.1, 0.15) is 0 Å². The van der Waals surface area contributed by atoms with Gasteiger partial charge in [-0.15, -0.1) is 0 Å². The number of benzene rings is 2. The normalized spacial score (nSPS) is 10.9. The molecule has 0 aliphatic carbocycles. The number of nitrogens with zero attached hydrogens (tertiary/aromatic N) is 2. The van der Waals surface area contributed by atoms with Crippen molar-refractivity contribution < 1.29 is 0 Å². The summed E-state index contributed by atoms with van der Waals surface area (Å²) < 4.78 is 0. The number of pyridine rings is 1. The molecule has 0 saturated heterocycles. The predicted octanol–water partition coefficient (Wildman–Crippen LogP) is 6.77. The predicted molar refractivity (Wildman–Crippen MR) is 108 cm³/mol. The third kappa shape index (κ3) is 3.34. The molecule has 4 rings (SSSR count). The fraction of sp³-hybridized carbons (Fsp3) is 0. The molecule has 4 aromatic rings. The van der Waals surface area contributed by atoms with Gasteiger partial charge < -0.3 is 4.98 Å². The highest BCUT2D eigenvalue weighted by atomic mass is 35.5. The Balaban J connectivity index is 1.91. The lowest BCUT2D eigenvalue weighted by Gasteiger charge is -2.03. The molecule has 2 aromatic carbocycles. The van der Waals surface area contributed by atoms with Gasteiger partial charge in [0.25, 0.3) is 0 Å². The summed E-state index contributed by atoms with van der Waals surface area (Å²) in [4.78, 5) is 12.3. The number of aromatic nitrogens is 3. The number of nitrogens with one attached hydrogen (secondary N) is 1. The fourth-order valence-corrected chi connectivity index (χ4v) is 3.21. The molecule has 0 spiro atoms. The van der Waals surface area contributed by atoms with Crippen molar-refractivity contribution in [2.24, 2.45) is 0 Å². The highest BCUT2D eigenvalue weighted by molar-refractivity contribution is 6.42. The molecule has 0 unspecified atom stereocenters. The zero-order valence-electron chi connectivity index (χ0n) is 13.4. The van der Waals surface area contributed by atoms with E-state index in [0.29, 0.717) is 20.9 Å². The molecule has 0 fully saturated rings. The number of hydrogen-bond acceptors (Lipinski definition) is 2. The topological polar surface area (TPSA) is 41.6 Å². The lowest BCUT2D eigenvalue weighted by molar-refractivity contribution is 1.30. The lowest BCUT2D eigenvalue weighted by atomic mass is 10.1. The van der Waals surface area contributed by atoms with Crippen molar-refractivity contribution in [3.8, 4) is 33.9 Å². The molecule has 0 atom stereocenters. The summed E-state index contributed by atoms with van der Waals surface area (Å²) in [6.07, 6.45) is 3.49. The van der Waals surface area contributed by atoms with Crippen LogP contribution < -0.4 is 0 Å². The first-order chi connectivity index (χ1) is 12.6. The van der Waals surface area contributed by atoms with Crippen LogP contribution in [0.25, 0.3) is 33.9 Å². The van der Waals surface area contributed by atoms with Crippen molar-refractivity contribution in [3.05, 3.63) is 82.1 Å². The van der Waals surface area contributed by atoms with Crippen molar-refractivity contribution in [3.63, 3.8) is 0 Å². The van der Waals surface area contributed by atoms with E-state index in [1.165, 1.54) is 0 Å². The molecule has 2 heterocycles. The van der Waals surface area contributed by atoms with Gasteiger partial charge in [0.1, 0.15) is 5.82 Å². The molecule has 0 amide bonds. The summed E-state index contributed by atoms with van der Waals surface area (Å²) in [7, 11) is 0. The summed E-state index contributed by atoms with van der Waals surface area (Å²) in [5.74, 6) is 0.699. The molecule has 0 radical (unpaired) electrons. The average molecular weight is 401 g/mol. The first-order valence-electron chi connectivity index (χ1n) is 7.83. The zero-order chi connectivity index (χ0) is 18.1. The van der Waals surface area contributed by atoms with E-state index in [4.69, 9.17) is 39.8 Å². The van der Waals surface area contributed by atoms with Crippen LogP contribution in [-0.4, -0.2) is 15.0 Å². The molecule has 0 saturated carbocycles. The van der Waals surface area contributed by atoms with Crippen LogP contribution in [-0.2, 0) is 0 Å². The smallest absolute Gasteiger partial charge is 0.138 e. The molecule has 0 bridgehead atoms. The van der Waals surface area contributed by atoms with Crippen LogP contribution in [0.15, 0.2) is 67.0 Å². The summed E-state index contributed by atoms with van der Waals surface area (Å²) in [5.41, 5.74) is 4.44. The third-order valence-electron chi connectivity index (χ3n) is 3.96. The molecule has 26 heavy (non-hydrogen) atoms. The van der Waals surface area contributed by atoms with Gasteiger partial charge in [-0.25, -0.2) is 4.98 Å². The van der Waals surface area contributed by atoms with Crippen LogP contribution in [0.3, 0.4) is 0 Å². The molecule has 0 aliphatic heterocycles. The molecular formula is C20H12Cl3N3. The minimum Gasteiger partial charge on any atom is -0.337 e. The third-order valence-corrected chi connectivity index (χ3v) is 4.94. The van der Waals surface area contributed by atoms with Gasteiger partial charge in [-0.1, -0.05) is 46.9 Å². The summed E-state index contributed by atoms with van der Waals surface area (Å²) in [6, 6.07) is 16.9. The van der Waals surface area contributed by atoms with Crippen LogP contribution in [0, 0.1) is 0 Å². The molecule has 0 aliphatic rings. The van der Waals surface area contributed by atoms with E-state index in [1.54, 1.807) is 24.5 Å². The standard InChI is InChI=1S/C20H12Cl3N3/c21-15-3-1-2-13(10-15)19-18(12-6-8-24-9-7-12)25-20(26-19)14-4-5-16(22)17(23)11-14/h1-11H,(H,25,26). The van der Waals surface area contributed by atoms with Crippen molar-refractivity contribution >= 4 is 34.8 Å². The van der Waals surface area contributed by atoms with Gasteiger partial charge in [0.15, 0.2) is 0 Å². The number of halogens is 3. The van der Waals surface area contributed by atoms with Crippen LogP contribution in [0.2, 0.25) is 15.1 Å². The summed E-state index contributed by atoms with van der Waals surface area (Å²) >= 11 is 18.4. The van der Waals surface area contributed by atoms with Gasteiger partial charge in [-0.3, -0.25) is 4.98 Å². The first-order valence-corrected chi connectivity index (χ1v) is 8.97. The van der Waals surface area contributed by atoms with Crippen molar-refractivity contribution in [2.75, 3.05) is 0 Å². The number of aromatic amines is 1. The molecular weight excluding hydrogens is 389 g/mol. The van der Waals surface area contributed by atoms with E-state index in [9.17, 15) is 0 Å². The maximum atomic E-state index is 6.18. The molecule has 6 heteroatoms. The van der Waals surface area contributed by atoms with E-state index in [1.807, 2.05) is 42.5 Å². The van der Waals surface area contributed by atoms with Gasteiger partial charge in [-0.2, -0.15) is 0 Å². The van der Waals surface area contributed by atoms with Crippen LogP contribution >= 0.6 is 34.8 Å². The summed E-state index contributed by atoms with van der Waals surface area (Å²) in [5, 5.41) is 1.64. The second kappa shape index (κ2) is 7.12. The molecule has 1 N–H and O–H groups in total. The Morgan fingerprint density at radius 3 is 2.27 bits per heavy atom. The maximum Gasteiger partial charge on any atom is 0.138 e. The highest BCUT2D eigenvalue weighted by Gasteiger charge is 2.16. The van der Waals surface area contributed by atoms with Crippen LogP contribution in [0.5, 0.6) is 0 Å². The Morgan fingerprint density at radius 2 is 1.54 bits per heavy atom. The second-order valence-electron chi connectivity index (χ2n) is 5.68. The van der Waals surface area contributed by atoms with Crippen molar-refractivity contribution in [1.82, 2.24) is 15.0 Å². The summed E-state index contributed by atoms with van der Waals surface area (Å²) in [6.45, 7) is 0. The van der Waals surface area contributed by atoms with E-state index in [-0.39, 0.29) is 0 Å². The average Bonchev–Trinajstić information content (AvgIpc) is 3.10. The molecule has 128 valence electrons. The number of rotatable bonds is 3. The second-order valence-corrected chi connectivity index (χ2v) is 6.93. The van der Waals surface area contributed by atoms with E-state index in [2.05, 4.69) is 9.97 Å². The van der Waals surface area contributed by atoms with Crippen molar-refractivity contribution in [2.45, 2.75) is 0 Å². The van der Waals surface area contributed by atoms with Gasteiger partial charge in [0.2, 0.25) is 0 Å². The minimum absolute atomic E-state index is 0.482. The Hall–Kier alpha value is -2.33. The SMILES string of the molecule is Clc1cccc(-c2nc(-c3ccc(Cl)c(Cl)c3)[nH]c2-c2ccncc2)c1. The zero-order valence-corrected chi connectivity index (χ0v) is 15.6. The van der Waals surface area contributed by atoms with Gasteiger partial charge in [0, 0.05) is 34.1 Å². The maximum absolute atomic E-state index is 6.18. The minimum atomic E-state index is 0.482. The van der Waals surface area contributed by atoms with E-state index >= 15 is 0 Å². The first kappa shape index (κ1) is 17.1. The molecule has 2 aromatic heterocycles. The Bertz CT molecular complexity index is 1070. The molecule has 3 nitrogen and oxygen atoms in total. The van der Waals surface area contributed by atoms with Gasteiger partial charge in [0.05, 0.1) is 21.4 Å². The van der Waals surface area contributed by atoms with Gasteiger partial charge in [-0.05, 0) is 42.5 Å². The Kier molecular flexibility index (Phi) is 4.68. The Morgan fingerprint density at radius 1 is 0.731 bits per heavy atom.